The van der Waals surface area contributed by atoms with Gasteiger partial charge in [-0.2, -0.15) is 0 Å². The van der Waals surface area contributed by atoms with E-state index in [0.717, 1.165) is 32.1 Å². The van der Waals surface area contributed by atoms with Crippen molar-refractivity contribution in [3.8, 4) is 0 Å². The molecule has 2 amide bonds. The number of nitrogens with one attached hydrogen (secondary N) is 2. The zero-order valence-corrected chi connectivity index (χ0v) is 23.1. The van der Waals surface area contributed by atoms with Gasteiger partial charge < -0.3 is 19.9 Å². The molecule has 1 aromatic heterocycles. The molecule has 38 heavy (non-hydrogen) atoms. The molecule has 5 N–H and O–H groups in total. The molecule has 4 fully saturated rings. The molecule has 0 bridgehead atoms. The average Bonchev–Trinajstić information content (AvgIpc) is 3.51. The van der Waals surface area contributed by atoms with Crippen molar-refractivity contribution in [1.29, 1.82) is 0 Å². The number of carbonyl (C=O) groups is 2. The third kappa shape index (κ3) is 4.81. The summed E-state index contributed by atoms with van der Waals surface area (Å²) in [5, 5.41) is 33.3. The predicted octanol–water partition coefficient (Wildman–Crippen LogP) is 4.42. The molecule has 4 aliphatic rings. The standard InChI is InChI=1S/C30H46N2O6/c1-17(4-9-26(35)31-16-20-5-8-25(38-20)28(36)32-37)21-6-7-22-27-23(11-13-30(21,22)3)29(2)12-10-19(33)14-18(29)15-24(27)34/h5,8,17-19,21-24,27,33-34,37H,4,6-7,9-16H2,1-3H3,(H,31,35)(H,32,36)/t17-,18+,19-,21-,22+,23+,24+,27+,29+,30-/m1/s1. The van der Waals surface area contributed by atoms with E-state index in [4.69, 9.17) is 9.62 Å². The Labute approximate surface area is 225 Å². The SMILES string of the molecule is C[C@H](CCC(=O)NCc1ccc(C(=O)NO)o1)[C@H]1CC[C@H]2[C@@H]3[C@@H](O)C[C@@H]4C[C@H](O)CC[C@]4(C)[C@H]3CC[C@]12C. The summed E-state index contributed by atoms with van der Waals surface area (Å²) >= 11 is 0. The third-order valence-electron chi connectivity index (χ3n) is 11.7. The van der Waals surface area contributed by atoms with Crippen LogP contribution in [-0.4, -0.2) is 39.4 Å². The van der Waals surface area contributed by atoms with Gasteiger partial charge in [-0.15, -0.1) is 0 Å². The Morgan fingerprint density at radius 1 is 1.05 bits per heavy atom. The van der Waals surface area contributed by atoms with Crippen LogP contribution in [0, 0.1) is 46.3 Å². The molecule has 0 radical (unpaired) electrons. The lowest BCUT2D eigenvalue weighted by Gasteiger charge is -2.62. The Balaban J connectivity index is 1.17. The van der Waals surface area contributed by atoms with Crippen molar-refractivity contribution >= 4 is 11.8 Å². The van der Waals surface area contributed by atoms with Crippen LogP contribution in [0.5, 0.6) is 0 Å². The zero-order chi connectivity index (χ0) is 27.2. The number of carbonyl (C=O) groups excluding carboxylic acids is 2. The first-order chi connectivity index (χ1) is 18.1. The van der Waals surface area contributed by atoms with E-state index in [9.17, 15) is 19.8 Å². The zero-order valence-electron chi connectivity index (χ0n) is 23.1. The lowest BCUT2D eigenvalue weighted by Crippen LogP contribution is -2.58. The van der Waals surface area contributed by atoms with Crippen molar-refractivity contribution in [3.63, 3.8) is 0 Å². The molecular formula is C30H46N2O6. The van der Waals surface area contributed by atoms with Crippen molar-refractivity contribution in [2.24, 2.45) is 46.3 Å². The minimum atomic E-state index is -0.721. The van der Waals surface area contributed by atoms with Gasteiger partial charge in [0.25, 0.3) is 0 Å². The number of aliphatic hydroxyl groups excluding tert-OH is 2. The van der Waals surface area contributed by atoms with Gasteiger partial charge in [0, 0.05) is 6.42 Å². The lowest BCUT2D eigenvalue weighted by molar-refractivity contribution is -0.174. The number of hydrogen-bond acceptors (Lipinski definition) is 6. The monoisotopic (exact) mass is 530 g/mol. The molecule has 4 saturated carbocycles. The van der Waals surface area contributed by atoms with Gasteiger partial charge in [0.05, 0.1) is 18.8 Å². The first-order valence-corrected chi connectivity index (χ1v) is 14.7. The van der Waals surface area contributed by atoms with Crippen LogP contribution in [0.15, 0.2) is 16.5 Å². The van der Waals surface area contributed by atoms with Gasteiger partial charge in [-0.1, -0.05) is 20.8 Å². The number of hydrogen-bond donors (Lipinski definition) is 5. The summed E-state index contributed by atoms with van der Waals surface area (Å²) < 4.78 is 5.34. The summed E-state index contributed by atoms with van der Waals surface area (Å²) in [6, 6.07) is 3.07. The van der Waals surface area contributed by atoms with E-state index in [1.165, 1.54) is 37.2 Å². The topological polar surface area (TPSA) is 132 Å². The van der Waals surface area contributed by atoms with Gasteiger partial charge in [0.2, 0.25) is 5.91 Å². The molecule has 10 atom stereocenters. The number of fused-ring (bicyclic) bond motifs is 5. The highest BCUT2D eigenvalue weighted by atomic mass is 16.5. The average molecular weight is 531 g/mol. The molecule has 0 saturated heterocycles. The second-order valence-electron chi connectivity index (χ2n) is 13.5. The molecule has 0 unspecified atom stereocenters. The number of aliphatic hydroxyl groups is 2. The van der Waals surface area contributed by atoms with Gasteiger partial charge >= 0.3 is 5.91 Å². The van der Waals surface area contributed by atoms with E-state index in [-0.39, 0.29) is 41.3 Å². The second kappa shape index (κ2) is 10.6. The number of hydroxylamine groups is 1. The Kier molecular flexibility index (Phi) is 7.70. The van der Waals surface area contributed by atoms with E-state index in [2.05, 4.69) is 26.1 Å². The summed E-state index contributed by atoms with van der Waals surface area (Å²) in [4.78, 5) is 24.0. The Hall–Kier alpha value is -1.90. The number of rotatable bonds is 7. The first-order valence-electron chi connectivity index (χ1n) is 14.7. The summed E-state index contributed by atoms with van der Waals surface area (Å²) in [5.74, 6) is 2.55. The highest BCUT2D eigenvalue weighted by Crippen LogP contribution is 2.68. The Bertz CT molecular complexity index is 1030. The minimum Gasteiger partial charge on any atom is -0.454 e. The molecular weight excluding hydrogens is 484 g/mol. The Morgan fingerprint density at radius 2 is 1.79 bits per heavy atom. The van der Waals surface area contributed by atoms with Crippen LogP contribution in [0.4, 0.5) is 0 Å². The fraction of sp³-hybridized carbons (Fsp3) is 0.800. The summed E-state index contributed by atoms with van der Waals surface area (Å²) in [6.45, 7) is 7.41. The fourth-order valence-corrected chi connectivity index (χ4v) is 9.66. The van der Waals surface area contributed by atoms with Crippen LogP contribution in [0.2, 0.25) is 0 Å². The Morgan fingerprint density at radius 3 is 2.55 bits per heavy atom. The van der Waals surface area contributed by atoms with Crippen LogP contribution in [0.25, 0.3) is 0 Å². The van der Waals surface area contributed by atoms with Crippen LogP contribution < -0.4 is 10.8 Å². The van der Waals surface area contributed by atoms with Gasteiger partial charge in [-0.3, -0.25) is 14.8 Å². The van der Waals surface area contributed by atoms with Crippen LogP contribution >= 0.6 is 0 Å². The van der Waals surface area contributed by atoms with Crippen molar-refractivity contribution in [2.75, 3.05) is 0 Å². The molecule has 0 aliphatic heterocycles. The molecule has 4 aliphatic carbocycles. The maximum absolute atomic E-state index is 12.6. The summed E-state index contributed by atoms with van der Waals surface area (Å²) in [7, 11) is 0. The van der Waals surface area contributed by atoms with E-state index < -0.39 is 5.91 Å². The lowest BCUT2D eigenvalue weighted by atomic mass is 9.43. The normalized spacial score (nSPS) is 40.9. The summed E-state index contributed by atoms with van der Waals surface area (Å²) in [6.07, 6.45) is 9.16. The van der Waals surface area contributed by atoms with Crippen molar-refractivity contribution in [3.05, 3.63) is 23.7 Å². The van der Waals surface area contributed by atoms with Crippen LogP contribution in [0.1, 0.15) is 101 Å². The number of amides is 2. The minimum absolute atomic E-state index is 0.00204. The summed E-state index contributed by atoms with van der Waals surface area (Å²) in [5.41, 5.74) is 1.97. The molecule has 1 aromatic rings. The van der Waals surface area contributed by atoms with Crippen molar-refractivity contribution < 1.29 is 29.4 Å². The van der Waals surface area contributed by atoms with Crippen molar-refractivity contribution in [2.45, 2.75) is 104 Å². The van der Waals surface area contributed by atoms with Crippen LogP contribution in [-0.2, 0) is 11.3 Å². The maximum Gasteiger partial charge on any atom is 0.310 e. The molecule has 0 spiro atoms. The highest BCUT2D eigenvalue weighted by Gasteiger charge is 2.62. The fourth-order valence-electron chi connectivity index (χ4n) is 9.66. The molecule has 0 aromatic carbocycles. The first kappa shape index (κ1) is 27.7. The van der Waals surface area contributed by atoms with Crippen LogP contribution in [0.3, 0.4) is 0 Å². The molecule has 8 heteroatoms. The quantitative estimate of drug-likeness (QED) is 0.262. The van der Waals surface area contributed by atoms with Gasteiger partial charge in [0.15, 0.2) is 5.76 Å². The maximum atomic E-state index is 12.6. The van der Waals surface area contributed by atoms with E-state index >= 15 is 0 Å². The molecule has 212 valence electrons. The van der Waals surface area contributed by atoms with E-state index in [1.807, 2.05) is 0 Å². The van der Waals surface area contributed by atoms with E-state index in [1.54, 1.807) is 6.07 Å². The van der Waals surface area contributed by atoms with Gasteiger partial charge in [0.1, 0.15) is 5.76 Å². The van der Waals surface area contributed by atoms with Gasteiger partial charge in [-0.05, 0) is 116 Å². The third-order valence-corrected chi connectivity index (χ3v) is 11.7. The van der Waals surface area contributed by atoms with Gasteiger partial charge in [-0.25, -0.2) is 5.48 Å². The predicted molar refractivity (Wildman–Crippen MR) is 141 cm³/mol. The largest absolute Gasteiger partial charge is 0.454 e. The van der Waals surface area contributed by atoms with Crippen molar-refractivity contribution in [1.82, 2.24) is 10.8 Å². The molecule has 8 nitrogen and oxygen atoms in total. The highest BCUT2D eigenvalue weighted by molar-refractivity contribution is 5.90. The number of furan rings is 1. The second-order valence-corrected chi connectivity index (χ2v) is 13.5. The molecule has 5 rings (SSSR count). The smallest absolute Gasteiger partial charge is 0.310 e. The van der Waals surface area contributed by atoms with E-state index in [0.29, 0.717) is 47.7 Å². The molecule has 1 heterocycles.